The average molecular weight is 386 g/mol. The Balaban J connectivity index is 2.00. The highest BCUT2D eigenvalue weighted by Gasteiger charge is 2.18. The first-order chi connectivity index (χ1) is 14.0. The molecule has 0 aliphatic heterocycles. The molecule has 3 aromatic carbocycles. The van der Waals surface area contributed by atoms with Crippen LogP contribution in [0, 0.1) is 6.07 Å². The van der Waals surface area contributed by atoms with Crippen molar-refractivity contribution in [3.8, 4) is 0 Å². The molecule has 0 atom stereocenters. The number of aliphatic hydroxyl groups excluding tert-OH is 1. The van der Waals surface area contributed by atoms with Gasteiger partial charge in [0.25, 0.3) is 0 Å². The van der Waals surface area contributed by atoms with Gasteiger partial charge in [0.05, 0.1) is 24.2 Å². The number of aromatic nitrogens is 1. The minimum absolute atomic E-state index is 0.112. The number of carbonyl (C=O) groups is 2. The Kier molecular flexibility index (Phi) is 4.78. The SMILES string of the molecule is CC(=O)Nc1ccccc1Cn1c2cc(CO)c[c]c2c2c(C(N)=O)cccc21. The second-order valence-corrected chi connectivity index (χ2v) is 6.91. The van der Waals surface area contributed by atoms with Crippen LogP contribution in [0.5, 0.6) is 0 Å². The van der Waals surface area contributed by atoms with Gasteiger partial charge in [0.15, 0.2) is 0 Å². The number of anilines is 1. The molecule has 0 bridgehead atoms. The van der Waals surface area contributed by atoms with Crippen molar-refractivity contribution in [3.63, 3.8) is 0 Å². The maximum Gasteiger partial charge on any atom is 0.249 e. The minimum atomic E-state index is -0.507. The third-order valence-electron chi connectivity index (χ3n) is 4.96. The maximum atomic E-state index is 12.0. The molecule has 1 radical (unpaired) electrons. The molecule has 0 saturated carbocycles. The molecule has 4 aromatic rings. The van der Waals surface area contributed by atoms with Crippen molar-refractivity contribution in [2.24, 2.45) is 5.73 Å². The summed E-state index contributed by atoms with van der Waals surface area (Å²) in [6, 6.07) is 19.8. The quantitative estimate of drug-likeness (QED) is 0.491. The predicted octanol–water partition coefficient (Wildman–Crippen LogP) is 3.19. The highest BCUT2D eigenvalue weighted by Crippen LogP contribution is 2.33. The molecule has 4 N–H and O–H groups in total. The summed E-state index contributed by atoms with van der Waals surface area (Å²) in [7, 11) is 0. The fourth-order valence-electron chi connectivity index (χ4n) is 3.71. The first-order valence-corrected chi connectivity index (χ1v) is 9.21. The van der Waals surface area contributed by atoms with Crippen LogP contribution in [0.2, 0.25) is 0 Å². The standard InChI is InChI=1S/C23H20N3O3/c1-14(28)25-19-7-3-2-5-16(19)12-26-20-8-4-6-18(23(24)29)22(20)17-10-9-15(13-27)11-21(17)26/h2-9,11,27H,12-13H2,1H3,(H2,24,29)(H,25,28). The number of hydrogen-bond donors (Lipinski definition) is 3. The van der Waals surface area contributed by atoms with E-state index < -0.39 is 5.91 Å². The molecule has 0 spiro atoms. The lowest BCUT2D eigenvalue weighted by Gasteiger charge is -2.13. The van der Waals surface area contributed by atoms with Crippen LogP contribution in [0.15, 0.2) is 54.6 Å². The minimum Gasteiger partial charge on any atom is -0.392 e. The molecule has 0 fully saturated rings. The number of aliphatic hydroxyl groups is 1. The van der Waals surface area contributed by atoms with Crippen LogP contribution in [0.25, 0.3) is 21.8 Å². The molecular weight excluding hydrogens is 366 g/mol. The highest BCUT2D eigenvalue weighted by molar-refractivity contribution is 6.17. The zero-order valence-electron chi connectivity index (χ0n) is 15.9. The molecule has 0 unspecified atom stereocenters. The van der Waals surface area contributed by atoms with E-state index in [1.165, 1.54) is 6.92 Å². The third kappa shape index (κ3) is 3.34. The van der Waals surface area contributed by atoms with Crippen molar-refractivity contribution >= 4 is 39.3 Å². The Morgan fingerprint density at radius 1 is 1.14 bits per heavy atom. The molecule has 6 heteroatoms. The summed E-state index contributed by atoms with van der Waals surface area (Å²) in [4.78, 5) is 23.6. The zero-order valence-corrected chi connectivity index (χ0v) is 15.9. The number of primary amides is 1. The number of nitrogens with two attached hydrogens (primary N) is 1. The molecule has 4 rings (SSSR count). The van der Waals surface area contributed by atoms with Crippen LogP contribution in [0.4, 0.5) is 5.69 Å². The number of amides is 2. The summed E-state index contributed by atoms with van der Waals surface area (Å²) in [6.07, 6.45) is 0. The Bertz CT molecular complexity index is 1260. The molecule has 1 aromatic heterocycles. The number of benzene rings is 3. The van der Waals surface area contributed by atoms with E-state index in [2.05, 4.69) is 11.4 Å². The number of fused-ring (bicyclic) bond motifs is 3. The molecule has 0 aliphatic carbocycles. The molecule has 29 heavy (non-hydrogen) atoms. The van der Waals surface area contributed by atoms with Crippen LogP contribution in [0.3, 0.4) is 0 Å². The van der Waals surface area contributed by atoms with Gasteiger partial charge in [0, 0.05) is 28.9 Å². The van der Waals surface area contributed by atoms with Gasteiger partial charge in [-0.15, -0.1) is 0 Å². The first kappa shape index (κ1) is 18.7. The van der Waals surface area contributed by atoms with E-state index in [9.17, 15) is 14.7 Å². The number of para-hydroxylation sites is 1. The Labute approximate surface area is 167 Å². The Morgan fingerprint density at radius 2 is 1.93 bits per heavy atom. The van der Waals surface area contributed by atoms with E-state index in [1.54, 1.807) is 18.2 Å². The monoisotopic (exact) mass is 386 g/mol. The largest absolute Gasteiger partial charge is 0.392 e. The lowest BCUT2D eigenvalue weighted by Crippen LogP contribution is -2.11. The average Bonchev–Trinajstić information content (AvgIpc) is 3.02. The fraction of sp³-hybridized carbons (Fsp3) is 0.130. The van der Waals surface area contributed by atoms with Gasteiger partial charge in [-0.1, -0.05) is 24.3 Å². The molecular formula is C23H20N3O3. The highest BCUT2D eigenvalue weighted by atomic mass is 16.3. The second kappa shape index (κ2) is 7.41. The van der Waals surface area contributed by atoms with Gasteiger partial charge in [-0.2, -0.15) is 0 Å². The van der Waals surface area contributed by atoms with Crippen LogP contribution in [-0.2, 0) is 17.9 Å². The van der Waals surface area contributed by atoms with Gasteiger partial charge in [0.1, 0.15) is 0 Å². The number of carbonyl (C=O) groups excluding carboxylic acids is 2. The van der Waals surface area contributed by atoms with E-state index in [4.69, 9.17) is 5.73 Å². The van der Waals surface area contributed by atoms with Crippen LogP contribution in [-0.4, -0.2) is 21.5 Å². The van der Waals surface area contributed by atoms with Gasteiger partial charge in [-0.25, -0.2) is 0 Å². The van der Waals surface area contributed by atoms with Gasteiger partial charge < -0.3 is 20.7 Å². The second-order valence-electron chi connectivity index (χ2n) is 6.91. The predicted molar refractivity (Wildman–Crippen MR) is 113 cm³/mol. The number of nitrogens with one attached hydrogen (secondary N) is 1. The van der Waals surface area contributed by atoms with Crippen molar-refractivity contribution in [2.75, 3.05) is 5.32 Å². The molecule has 6 nitrogen and oxygen atoms in total. The third-order valence-corrected chi connectivity index (χ3v) is 4.96. The zero-order chi connectivity index (χ0) is 20.5. The van der Waals surface area contributed by atoms with E-state index in [0.717, 1.165) is 38.6 Å². The molecule has 145 valence electrons. The molecule has 0 saturated heterocycles. The lowest BCUT2D eigenvalue weighted by molar-refractivity contribution is -0.114. The van der Waals surface area contributed by atoms with E-state index >= 15 is 0 Å². The van der Waals surface area contributed by atoms with E-state index in [1.807, 2.05) is 41.0 Å². The Hall–Kier alpha value is -3.64. The fourth-order valence-corrected chi connectivity index (χ4v) is 3.71. The summed E-state index contributed by atoms with van der Waals surface area (Å²) in [5.74, 6) is -0.653. The van der Waals surface area contributed by atoms with Gasteiger partial charge in [0.2, 0.25) is 11.8 Å². The van der Waals surface area contributed by atoms with E-state index in [-0.39, 0.29) is 12.5 Å². The van der Waals surface area contributed by atoms with Crippen LogP contribution in [0.1, 0.15) is 28.4 Å². The number of hydrogen-bond acceptors (Lipinski definition) is 3. The number of rotatable bonds is 5. The number of nitrogens with zero attached hydrogens (tertiary/aromatic N) is 1. The first-order valence-electron chi connectivity index (χ1n) is 9.21. The van der Waals surface area contributed by atoms with Crippen molar-refractivity contribution in [2.45, 2.75) is 20.1 Å². The Morgan fingerprint density at radius 3 is 2.66 bits per heavy atom. The van der Waals surface area contributed by atoms with Crippen molar-refractivity contribution < 1.29 is 14.7 Å². The maximum absolute atomic E-state index is 12.0. The molecule has 2 amide bonds. The van der Waals surface area contributed by atoms with Gasteiger partial charge in [-0.05, 0) is 47.5 Å². The van der Waals surface area contributed by atoms with Gasteiger partial charge >= 0.3 is 0 Å². The van der Waals surface area contributed by atoms with Crippen LogP contribution < -0.4 is 11.1 Å². The van der Waals surface area contributed by atoms with E-state index in [0.29, 0.717) is 12.1 Å². The van der Waals surface area contributed by atoms with Crippen molar-refractivity contribution in [1.29, 1.82) is 0 Å². The van der Waals surface area contributed by atoms with Crippen LogP contribution >= 0.6 is 0 Å². The van der Waals surface area contributed by atoms with Crippen molar-refractivity contribution in [3.05, 3.63) is 77.4 Å². The summed E-state index contributed by atoms with van der Waals surface area (Å²) >= 11 is 0. The van der Waals surface area contributed by atoms with Gasteiger partial charge in [-0.3, -0.25) is 9.59 Å². The molecule has 0 aliphatic rings. The normalized spacial score (nSPS) is 11.1. The summed E-state index contributed by atoms with van der Waals surface area (Å²) in [5, 5.41) is 13.9. The molecule has 1 heterocycles. The lowest BCUT2D eigenvalue weighted by atomic mass is 10.0. The van der Waals surface area contributed by atoms with Crippen molar-refractivity contribution in [1.82, 2.24) is 4.57 Å². The summed E-state index contributed by atoms with van der Waals surface area (Å²) in [5.41, 5.74) is 10.1. The summed E-state index contributed by atoms with van der Waals surface area (Å²) in [6.45, 7) is 1.82. The topological polar surface area (TPSA) is 97.3 Å². The smallest absolute Gasteiger partial charge is 0.249 e. The summed E-state index contributed by atoms with van der Waals surface area (Å²) < 4.78 is 2.05.